The summed E-state index contributed by atoms with van der Waals surface area (Å²) in [7, 11) is 3.28. The minimum atomic E-state index is -0.372. The molecule has 0 saturated carbocycles. The third-order valence-corrected chi connectivity index (χ3v) is 12.6. The maximum absolute atomic E-state index is 12.7. The molecule has 8 rings (SSSR count). The molecule has 17 nitrogen and oxygen atoms in total. The highest BCUT2D eigenvalue weighted by molar-refractivity contribution is 7.12. The molecule has 2 atom stereocenters. The van der Waals surface area contributed by atoms with E-state index >= 15 is 0 Å². The number of para-hydroxylation sites is 1. The molecule has 6 heterocycles. The van der Waals surface area contributed by atoms with Crippen LogP contribution in [0.15, 0.2) is 101 Å². The van der Waals surface area contributed by atoms with E-state index in [0.29, 0.717) is 46.1 Å². The van der Waals surface area contributed by atoms with Gasteiger partial charge < -0.3 is 41.2 Å². The molecular weight excluding hydrogens is 877 g/mol. The number of benzene rings is 2. The molecule has 4 amide bonds. The Morgan fingerprint density at radius 3 is 1.79 bits per heavy atom. The minimum absolute atomic E-state index is 0.0198. The van der Waals surface area contributed by atoms with Gasteiger partial charge in [-0.1, -0.05) is 49.9 Å². The summed E-state index contributed by atoms with van der Waals surface area (Å²) < 4.78 is 0. The zero-order valence-corrected chi connectivity index (χ0v) is 38.2. The first-order chi connectivity index (χ1) is 32.2. The van der Waals surface area contributed by atoms with Crippen molar-refractivity contribution in [2.75, 3.05) is 14.1 Å². The lowest BCUT2D eigenvalue weighted by molar-refractivity contribution is -0.121. The number of hydrogen-bond acceptors (Lipinski definition) is 11. The molecule has 342 valence electrons. The Balaban J connectivity index is 0.000000197. The Morgan fingerprint density at radius 1 is 0.621 bits per heavy atom. The Kier molecular flexibility index (Phi) is 16.3. The summed E-state index contributed by atoms with van der Waals surface area (Å²) in [6.07, 6.45) is 15.8. The van der Waals surface area contributed by atoms with Crippen LogP contribution in [0.25, 0.3) is 44.3 Å². The van der Waals surface area contributed by atoms with Crippen LogP contribution in [0.3, 0.4) is 0 Å². The van der Waals surface area contributed by atoms with Crippen LogP contribution in [0.5, 0.6) is 0 Å². The van der Waals surface area contributed by atoms with Crippen molar-refractivity contribution in [3.05, 3.63) is 128 Å². The Hall–Kier alpha value is -7.25. The zero-order chi connectivity index (χ0) is 46.3. The van der Waals surface area contributed by atoms with Crippen LogP contribution in [0.4, 0.5) is 0 Å². The van der Waals surface area contributed by atoms with Crippen LogP contribution < -0.4 is 26.8 Å². The highest BCUT2D eigenvalue weighted by Gasteiger charge is 2.22. The fourth-order valence-corrected chi connectivity index (χ4v) is 8.47. The van der Waals surface area contributed by atoms with Crippen LogP contribution in [-0.2, 0) is 9.59 Å². The van der Waals surface area contributed by atoms with Gasteiger partial charge in [-0.2, -0.15) is 0 Å². The molecule has 6 aromatic heterocycles. The SMILES string of the molecule is CNC(=O)CCCCC[C@H](NC(=O)c1cncs1)c1ncc(-c2cc3ccccc3[nH]c2=O)[nH]1.CNC(=O)CCCCC[C@H](NC(=O)c1cncs1)c1ncc(-c2ccc3[nH]ccc3c2)[nH]1. The van der Waals surface area contributed by atoms with Crippen molar-refractivity contribution in [1.82, 2.24) is 61.1 Å². The van der Waals surface area contributed by atoms with Crippen molar-refractivity contribution < 1.29 is 19.2 Å². The number of H-pyrrole nitrogens is 4. The van der Waals surface area contributed by atoms with Gasteiger partial charge >= 0.3 is 0 Å². The Morgan fingerprint density at radius 2 is 1.20 bits per heavy atom. The van der Waals surface area contributed by atoms with E-state index in [2.05, 4.69) is 67.2 Å². The highest BCUT2D eigenvalue weighted by atomic mass is 32.1. The summed E-state index contributed by atoms with van der Waals surface area (Å²) in [4.78, 5) is 91.7. The van der Waals surface area contributed by atoms with Crippen molar-refractivity contribution in [2.24, 2.45) is 0 Å². The van der Waals surface area contributed by atoms with Gasteiger partial charge in [0.25, 0.3) is 17.4 Å². The van der Waals surface area contributed by atoms with Crippen molar-refractivity contribution >= 4 is 68.1 Å². The number of unbranched alkanes of at least 4 members (excludes halogenated alkanes) is 4. The number of carbonyl (C=O) groups is 4. The molecule has 2 aromatic carbocycles. The number of nitrogens with zero attached hydrogens (tertiary/aromatic N) is 4. The molecule has 0 bridgehead atoms. The lowest BCUT2D eigenvalue weighted by Crippen LogP contribution is -2.28. The summed E-state index contributed by atoms with van der Waals surface area (Å²) in [5.41, 5.74) is 7.89. The molecule has 66 heavy (non-hydrogen) atoms. The lowest BCUT2D eigenvalue weighted by Gasteiger charge is -2.16. The van der Waals surface area contributed by atoms with Crippen LogP contribution in [0.2, 0.25) is 0 Å². The Labute approximate surface area is 388 Å². The molecule has 0 aliphatic heterocycles. The number of pyridine rings is 1. The molecule has 0 aliphatic rings. The lowest BCUT2D eigenvalue weighted by atomic mass is 10.1. The number of imidazole rings is 2. The van der Waals surface area contributed by atoms with Gasteiger partial charge in [-0.3, -0.25) is 33.9 Å². The number of amides is 4. The second-order valence-electron chi connectivity index (χ2n) is 15.6. The highest BCUT2D eigenvalue weighted by Crippen LogP contribution is 2.27. The minimum Gasteiger partial charge on any atom is -0.361 e. The largest absolute Gasteiger partial charge is 0.361 e. The number of aromatic amines is 4. The monoisotopic (exact) mass is 928 g/mol. The average Bonchev–Trinajstić information content (AvgIpc) is 4.20. The van der Waals surface area contributed by atoms with E-state index < -0.39 is 0 Å². The molecule has 0 unspecified atom stereocenters. The van der Waals surface area contributed by atoms with Crippen LogP contribution in [-0.4, -0.2) is 77.6 Å². The number of nitrogens with one attached hydrogen (secondary N) is 8. The van der Waals surface area contributed by atoms with E-state index in [4.69, 9.17) is 0 Å². The van der Waals surface area contributed by atoms with Gasteiger partial charge in [0.1, 0.15) is 21.4 Å². The second kappa shape index (κ2) is 23.1. The average molecular weight is 929 g/mol. The van der Waals surface area contributed by atoms with Crippen LogP contribution in [0, 0.1) is 0 Å². The van der Waals surface area contributed by atoms with E-state index in [9.17, 15) is 24.0 Å². The number of aromatic nitrogens is 8. The summed E-state index contributed by atoms with van der Waals surface area (Å²) in [5, 5.41) is 13.4. The van der Waals surface area contributed by atoms with Crippen molar-refractivity contribution in [2.45, 2.75) is 76.3 Å². The molecular formula is C47H52N12O5S2. The van der Waals surface area contributed by atoms with Gasteiger partial charge in [0.15, 0.2) is 0 Å². The molecule has 8 aromatic rings. The summed E-state index contributed by atoms with van der Waals surface area (Å²) in [6.45, 7) is 0. The Bertz CT molecular complexity index is 2900. The number of thiazole rings is 2. The zero-order valence-electron chi connectivity index (χ0n) is 36.6. The smallest absolute Gasteiger partial charge is 0.263 e. The van der Waals surface area contributed by atoms with Gasteiger partial charge in [-0.15, -0.1) is 22.7 Å². The van der Waals surface area contributed by atoms with Gasteiger partial charge in [0.05, 0.1) is 64.8 Å². The molecule has 0 fully saturated rings. The number of hydrogen-bond donors (Lipinski definition) is 8. The fraction of sp³-hybridized carbons (Fsp3) is 0.298. The van der Waals surface area contributed by atoms with Gasteiger partial charge in [0, 0.05) is 55.1 Å². The molecule has 8 N–H and O–H groups in total. The first-order valence-corrected chi connectivity index (χ1v) is 23.5. The number of fused-ring (bicyclic) bond motifs is 2. The van der Waals surface area contributed by atoms with E-state index in [1.54, 1.807) is 43.7 Å². The molecule has 0 saturated heterocycles. The number of carbonyl (C=O) groups excluding carboxylic acids is 4. The predicted octanol–water partition coefficient (Wildman–Crippen LogP) is 7.72. The predicted molar refractivity (Wildman–Crippen MR) is 257 cm³/mol. The third-order valence-electron chi connectivity index (χ3n) is 11.0. The van der Waals surface area contributed by atoms with Crippen molar-refractivity contribution in [3.8, 4) is 22.5 Å². The van der Waals surface area contributed by atoms with Gasteiger partial charge in [0.2, 0.25) is 11.8 Å². The van der Waals surface area contributed by atoms with E-state index in [1.807, 2.05) is 54.7 Å². The van der Waals surface area contributed by atoms with E-state index in [-0.39, 0.29) is 41.3 Å². The normalized spacial score (nSPS) is 12.0. The standard InChI is InChI=1S/C24H26N6O3S.C23H26N6O2S/c1-25-21(31)10-4-2-3-9-18(30-24(33)20-13-26-14-34-20)22-27-12-19(28-22)16-11-15-7-5-6-8-17(15)29-23(16)32;1-24-21(30)6-4-2-3-5-18(29-23(31)20-13-25-14-32-20)22-27-12-19(28-22)15-7-8-17-16(11-15)9-10-26-17/h5-8,11-14,18H,2-4,9-10H2,1H3,(H,25,31)(H,27,28)(H,29,32)(H,30,33);7-14,18,26H,2-6H2,1H3,(H,24,30)(H,27,28)(H,29,31)/t2*18-/m00/s1. The molecule has 0 aliphatic carbocycles. The van der Waals surface area contributed by atoms with Crippen LogP contribution >= 0.6 is 22.7 Å². The summed E-state index contributed by atoms with van der Waals surface area (Å²) in [6, 6.07) is 17.0. The van der Waals surface area contributed by atoms with Gasteiger partial charge in [-0.25, -0.2) is 9.97 Å². The third kappa shape index (κ3) is 12.5. The van der Waals surface area contributed by atoms with Crippen molar-refractivity contribution in [3.63, 3.8) is 0 Å². The molecule has 0 radical (unpaired) electrons. The van der Waals surface area contributed by atoms with Crippen LogP contribution in [0.1, 0.15) is 107 Å². The first-order valence-electron chi connectivity index (χ1n) is 21.8. The maximum atomic E-state index is 12.7. The van der Waals surface area contributed by atoms with E-state index in [1.165, 1.54) is 28.9 Å². The molecule has 0 spiro atoms. The van der Waals surface area contributed by atoms with E-state index in [0.717, 1.165) is 83.8 Å². The quantitative estimate of drug-likeness (QED) is 0.0348. The maximum Gasteiger partial charge on any atom is 0.263 e. The number of rotatable bonds is 20. The molecule has 19 heteroatoms. The van der Waals surface area contributed by atoms with Gasteiger partial charge in [-0.05, 0) is 61.4 Å². The fourth-order valence-electron chi connectivity index (χ4n) is 7.42. The topological polar surface area (TPSA) is 248 Å². The first kappa shape index (κ1) is 46.7. The second-order valence-corrected chi connectivity index (χ2v) is 17.3. The van der Waals surface area contributed by atoms with Crippen molar-refractivity contribution in [1.29, 1.82) is 0 Å². The summed E-state index contributed by atoms with van der Waals surface area (Å²) in [5.74, 6) is 0.987. The summed E-state index contributed by atoms with van der Waals surface area (Å²) >= 11 is 2.58.